The average molecular weight is 493 g/mol. The maximum absolute atomic E-state index is 12.6. The summed E-state index contributed by atoms with van der Waals surface area (Å²) in [6, 6.07) is 11.8. The molecule has 31 heavy (non-hydrogen) atoms. The van der Waals surface area contributed by atoms with Crippen LogP contribution in [0.2, 0.25) is 0 Å². The Hall–Kier alpha value is -2.81. The van der Waals surface area contributed by atoms with Crippen LogP contribution in [-0.2, 0) is 0 Å². The molecule has 0 aliphatic heterocycles. The van der Waals surface area contributed by atoms with E-state index >= 15 is 0 Å². The van der Waals surface area contributed by atoms with Crippen LogP contribution in [0.3, 0.4) is 0 Å². The van der Waals surface area contributed by atoms with Gasteiger partial charge in [-0.3, -0.25) is 0 Å². The molecule has 1 saturated carbocycles. The minimum atomic E-state index is -4.76. The van der Waals surface area contributed by atoms with Gasteiger partial charge in [0.25, 0.3) is 0 Å². The second-order valence-corrected chi connectivity index (χ2v) is 8.41. The first-order chi connectivity index (χ1) is 14.7. The third-order valence-corrected chi connectivity index (χ3v) is 5.21. The van der Waals surface area contributed by atoms with E-state index in [-0.39, 0.29) is 5.75 Å². The molecular weight excluding hydrogens is 473 g/mol. The van der Waals surface area contributed by atoms with E-state index in [1.165, 1.54) is 18.2 Å². The summed E-state index contributed by atoms with van der Waals surface area (Å²) < 4.78 is 42.9. The van der Waals surface area contributed by atoms with Crippen LogP contribution in [0.15, 0.2) is 46.9 Å². The minimum absolute atomic E-state index is 0.297. The molecule has 1 aromatic heterocycles. The van der Waals surface area contributed by atoms with Gasteiger partial charge in [0.05, 0.1) is 5.69 Å². The number of anilines is 3. The topological polar surface area (TPSA) is 59.1 Å². The van der Waals surface area contributed by atoms with Crippen molar-refractivity contribution >= 4 is 33.4 Å². The van der Waals surface area contributed by atoms with E-state index in [0.29, 0.717) is 29.1 Å². The summed E-state index contributed by atoms with van der Waals surface area (Å²) in [5.74, 6) is 0.676. The first-order valence-corrected chi connectivity index (χ1v) is 10.5. The fourth-order valence-electron chi connectivity index (χ4n) is 3.22. The Kier molecular flexibility index (Phi) is 5.79. The predicted molar refractivity (Wildman–Crippen MR) is 118 cm³/mol. The summed E-state index contributed by atoms with van der Waals surface area (Å²) >= 11 is 3.49. The van der Waals surface area contributed by atoms with Crippen LogP contribution in [0, 0.1) is 13.8 Å². The summed E-state index contributed by atoms with van der Waals surface area (Å²) in [6.07, 6.45) is -2.68. The Morgan fingerprint density at radius 1 is 1.03 bits per heavy atom. The molecule has 0 unspecified atom stereocenters. The Balaban J connectivity index is 1.71. The summed E-state index contributed by atoms with van der Waals surface area (Å²) in [4.78, 5) is 9.08. The van der Waals surface area contributed by atoms with Crippen molar-refractivity contribution in [1.82, 2.24) is 9.97 Å². The van der Waals surface area contributed by atoms with E-state index in [4.69, 9.17) is 0 Å². The molecule has 0 amide bonds. The maximum Gasteiger partial charge on any atom is 0.573 e. The lowest BCUT2D eigenvalue weighted by molar-refractivity contribution is -0.274. The molecule has 4 rings (SSSR count). The van der Waals surface area contributed by atoms with Crippen LogP contribution in [0.4, 0.5) is 30.6 Å². The van der Waals surface area contributed by atoms with Crippen LogP contribution >= 0.6 is 15.9 Å². The largest absolute Gasteiger partial charge is 0.573 e. The quantitative estimate of drug-likeness (QED) is 0.399. The van der Waals surface area contributed by atoms with E-state index in [9.17, 15) is 13.2 Å². The van der Waals surface area contributed by atoms with Gasteiger partial charge in [0.2, 0.25) is 5.95 Å². The van der Waals surface area contributed by atoms with Crippen molar-refractivity contribution in [3.63, 3.8) is 0 Å². The third kappa shape index (κ3) is 5.66. The van der Waals surface area contributed by atoms with Crippen molar-refractivity contribution in [3.8, 4) is 17.0 Å². The molecule has 0 bridgehead atoms. The normalized spacial score (nSPS) is 13.7. The lowest BCUT2D eigenvalue weighted by atomic mass is 10.1. The Morgan fingerprint density at radius 2 is 1.74 bits per heavy atom. The van der Waals surface area contributed by atoms with Gasteiger partial charge in [-0.1, -0.05) is 28.1 Å². The zero-order valence-electron chi connectivity index (χ0n) is 16.8. The lowest BCUT2D eigenvalue weighted by Crippen LogP contribution is -2.17. The average Bonchev–Trinajstić information content (AvgIpc) is 3.47. The SMILES string of the molecule is Cc1cc(Br)cc(C)c1Nc1cc(-c2cccc(OC(F)(F)F)c2)nc(NC2CC2)n1. The highest BCUT2D eigenvalue weighted by Crippen LogP contribution is 2.32. The molecular formula is C22H20BrF3N4O. The molecule has 5 nitrogen and oxygen atoms in total. The Labute approximate surface area is 186 Å². The Morgan fingerprint density at radius 3 is 2.39 bits per heavy atom. The van der Waals surface area contributed by atoms with Crippen LogP contribution in [0.5, 0.6) is 5.75 Å². The zero-order chi connectivity index (χ0) is 22.2. The summed E-state index contributed by atoms with van der Waals surface area (Å²) in [6.45, 7) is 3.98. The molecule has 0 saturated heterocycles. The van der Waals surface area contributed by atoms with Crippen molar-refractivity contribution in [1.29, 1.82) is 0 Å². The van der Waals surface area contributed by atoms with Gasteiger partial charge in [0.1, 0.15) is 11.6 Å². The molecule has 9 heteroatoms. The molecule has 1 fully saturated rings. The number of nitrogens with one attached hydrogen (secondary N) is 2. The first kappa shape index (κ1) is 21.4. The number of aryl methyl sites for hydroxylation is 2. The lowest BCUT2D eigenvalue weighted by Gasteiger charge is -2.15. The third-order valence-electron chi connectivity index (χ3n) is 4.75. The number of hydrogen-bond donors (Lipinski definition) is 2. The minimum Gasteiger partial charge on any atom is -0.406 e. The van der Waals surface area contributed by atoms with Gasteiger partial charge < -0.3 is 15.4 Å². The monoisotopic (exact) mass is 492 g/mol. The zero-order valence-corrected chi connectivity index (χ0v) is 18.4. The van der Waals surface area contributed by atoms with Crippen molar-refractivity contribution < 1.29 is 17.9 Å². The Bertz CT molecular complexity index is 1090. The highest BCUT2D eigenvalue weighted by atomic mass is 79.9. The number of nitrogens with zero attached hydrogens (tertiary/aromatic N) is 2. The predicted octanol–water partition coefficient (Wildman–Crippen LogP) is 6.74. The van der Waals surface area contributed by atoms with Gasteiger partial charge in [-0.2, -0.15) is 4.98 Å². The maximum atomic E-state index is 12.6. The van der Waals surface area contributed by atoms with Gasteiger partial charge in [0.15, 0.2) is 0 Å². The van der Waals surface area contributed by atoms with E-state index in [2.05, 4.69) is 41.3 Å². The number of alkyl halides is 3. The molecule has 2 N–H and O–H groups in total. The first-order valence-electron chi connectivity index (χ1n) is 9.72. The summed E-state index contributed by atoms with van der Waals surface area (Å²) in [7, 11) is 0. The number of rotatable bonds is 6. The molecule has 0 atom stereocenters. The fraction of sp³-hybridized carbons (Fsp3) is 0.273. The van der Waals surface area contributed by atoms with Gasteiger partial charge in [-0.05, 0) is 62.1 Å². The summed E-state index contributed by atoms with van der Waals surface area (Å²) in [5, 5.41) is 6.60. The number of hydrogen-bond acceptors (Lipinski definition) is 5. The van der Waals surface area contributed by atoms with Crippen LogP contribution in [0.1, 0.15) is 24.0 Å². The number of ether oxygens (including phenoxy) is 1. The molecule has 1 aliphatic rings. The molecule has 0 spiro atoms. The van der Waals surface area contributed by atoms with Gasteiger partial charge in [-0.25, -0.2) is 4.98 Å². The number of aromatic nitrogens is 2. The van der Waals surface area contributed by atoms with E-state index < -0.39 is 6.36 Å². The molecule has 2 aromatic carbocycles. The smallest absolute Gasteiger partial charge is 0.406 e. The summed E-state index contributed by atoms with van der Waals surface area (Å²) in [5.41, 5.74) is 3.96. The van der Waals surface area contributed by atoms with Gasteiger partial charge >= 0.3 is 6.36 Å². The van der Waals surface area contributed by atoms with Crippen LogP contribution < -0.4 is 15.4 Å². The number of halogens is 4. The number of benzene rings is 2. The van der Waals surface area contributed by atoms with Crippen molar-refractivity contribution in [2.45, 2.75) is 39.1 Å². The van der Waals surface area contributed by atoms with E-state index in [1.54, 1.807) is 12.1 Å². The van der Waals surface area contributed by atoms with Gasteiger partial charge in [-0.15, -0.1) is 13.2 Å². The molecule has 3 aromatic rings. The van der Waals surface area contributed by atoms with Gasteiger partial charge in [0, 0.05) is 27.8 Å². The van der Waals surface area contributed by atoms with Crippen LogP contribution in [-0.4, -0.2) is 22.4 Å². The van der Waals surface area contributed by atoms with E-state index in [1.807, 2.05) is 26.0 Å². The second kappa shape index (κ2) is 8.37. The fourth-order valence-corrected chi connectivity index (χ4v) is 3.91. The highest BCUT2D eigenvalue weighted by Gasteiger charge is 2.31. The van der Waals surface area contributed by atoms with E-state index in [0.717, 1.165) is 34.1 Å². The second-order valence-electron chi connectivity index (χ2n) is 7.50. The van der Waals surface area contributed by atoms with Crippen molar-refractivity contribution in [3.05, 3.63) is 58.1 Å². The molecule has 1 heterocycles. The standard InChI is InChI=1S/C22H20BrF3N4O/c1-12-8-15(23)9-13(2)20(12)29-19-11-18(28-21(30-19)27-16-6-7-16)14-4-3-5-17(10-14)31-22(24,25)26/h3-5,8-11,16H,6-7H2,1-2H3,(H2,27,28,29,30). The highest BCUT2D eigenvalue weighted by molar-refractivity contribution is 9.10. The molecule has 162 valence electrons. The van der Waals surface area contributed by atoms with Crippen molar-refractivity contribution in [2.75, 3.05) is 10.6 Å². The molecule has 1 aliphatic carbocycles. The van der Waals surface area contributed by atoms with Crippen molar-refractivity contribution in [2.24, 2.45) is 0 Å². The molecule has 0 radical (unpaired) electrons. The van der Waals surface area contributed by atoms with Crippen LogP contribution in [0.25, 0.3) is 11.3 Å².